The standard InChI is InChI=1S/C14H12BrClO/c1-10-3-2-4-12(7-10)17-14-6-5-11(9-15)8-13(14)16/h2-8H,9H2,1H3. The lowest BCUT2D eigenvalue weighted by Gasteiger charge is -2.09. The van der Waals surface area contributed by atoms with E-state index in [0.717, 1.165) is 22.2 Å². The Balaban J connectivity index is 2.24. The lowest BCUT2D eigenvalue weighted by Crippen LogP contribution is -1.87. The van der Waals surface area contributed by atoms with Crippen molar-refractivity contribution in [1.29, 1.82) is 0 Å². The first-order valence-corrected chi connectivity index (χ1v) is 6.78. The minimum Gasteiger partial charge on any atom is -0.456 e. The Labute approximate surface area is 115 Å². The molecule has 0 fully saturated rings. The summed E-state index contributed by atoms with van der Waals surface area (Å²) in [6.45, 7) is 2.03. The summed E-state index contributed by atoms with van der Waals surface area (Å²) >= 11 is 9.55. The van der Waals surface area contributed by atoms with Gasteiger partial charge in [-0.2, -0.15) is 0 Å². The molecule has 0 spiro atoms. The molecule has 0 N–H and O–H groups in total. The van der Waals surface area contributed by atoms with E-state index in [1.165, 1.54) is 0 Å². The second-order valence-electron chi connectivity index (χ2n) is 3.82. The lowest BCUT2D eigenvalue weighted by molar-refractivity contribution is 0.482. The van der Waals surface area contributed by atoms with E-state index in [-0.39, 0.29) is 0 Å². The summed E-state index contributed by atoms with van der Waals surface area (Å²) in [7, 11) is 0. The fourth-order valence-electron chi connectivity index (χ4n) is 1.52. The Morgan fingerprint density at radius 2 is 2.00 bits per heavy atom. The number of ether oxygens (including phenoxy) is 1. The third-order valence-corrected chi connectivity index (χ3v) is 3.31. The van der Waals surface area contributed by atoms with Gasteiger partial charge in [0.2, 0.25) is 0 Å². The van der Waals surface area contributed by atoms with Crippen LogP contribution in [0.25, 0.3) is 0 Å². The van der Waals surface area contributed by atoms with Crippen molar-refractivity contribution in [2.45, 2.75) is 12.3 Å². The highest BCUT2D eigenvalue weighted by molar-refractivity contribution is 9.08. The van der Waals surface area contributed by atoms with Gasteiger partial charge in [-0.25, -0.2) is 0 Å². The quantitative estimate of drug-likeness (QED) is 0.696. The van der Waals surface area contributed by atoms with E-state index in [0.29, 0.717) is 10.8 Å². The summed E-state index contributed by atoms with van der Waals surface area (Å²) < 4.78 is 5.74. The maximum atomic E-state index is 6.15. The van der Waals surface area contributed by atoms with Crippen LogP contribution in [0.5, 0.6) is 11.5 Å². The summed E-state index contributed by atoms with van der Waals surface area (Å²) in [5.74, 6) is 1.49. The molecular formula is C14H12BrClO. The molecule has 1 nitrogen and oxygen atoms in total. The normalized spacial score (nSPS) is 10.3. The Morgan fingerprint density at radius 3 is 2.65 bits per heavy atom. The van der Waals surface area contributed by atoms with Gasteiger partial charge in [0.05, 0.1) is 5.02 Å². The van der Waals surface area contributed by atoms with E-state index >= 15 is 0 Å². The highest BCUT2D eigenvalue weighted by atomic mass is 79.9. The Kier molecular flexibility index (Phi) is 4.08. The SMILES string of the molecule is Cc1cccc(Oc2ccc(CBr)cc2Cl)c1. The Bertz CT molecular complexity index is 525. The maximum absolute atomic E-state index is 6.15. The number of hydrogen-bond donors (Lipinski definition) is 0. The van der Waals surface area contributed by atoms with Crippen LogP contribution in [-0.4, -0.2) is 0 Å². The number of aryl methyl sites for hydroxylation is 1. The van der Waals surface area contributed by atoms with Crippen LogP contribution in [0.4, 0.5) is 0 Å². The van der Waals surface area contributed by atoms with E-state index < -0.39 is 0 Å². The van der Waals surface area contributed by atoms with E-state index in [1.54, 1.807) is 0 Å². The van der Waals surface area contributed by atoms with Crippen molar-refractivity contribution in [2.24, 2.45) is 0 Å². The van der Waals surface area contributed by atoms with Gasteiger partial charge in [0, 0.05) is 5.33 Å². The minimum atomic E-state index is 0.628. The van der Waals surface area contributed by atoms with Crippen molar-refractivity contribution in [1.82, 2.24) is 0 Å². The average Bonchev–Trinajstić information content (AvgIpc) is 2.32. The molecule has 0 unspecified atom stereocenters. The van der Waals surface area contributed by atoms with Gasteiger partial charge in [0.1, 0.15) is 11.5 Å². The average molecular weight is 312 g/mol. The molecule has 0 aliphatic rings. The van der Waals surface area contributed by atoms with Crippen LogP contribution in [0, 0.1) is 6.92 Å². The highest BCUT2D eigenvalue weighted by Crippen LogP contribution is 2.30. The zero-order valence-corrected chi connectivity index (χ0v) is 11.8. The van der Waals surface area contributed by atoms with Crippen LogP contribution in [-0.2, 0) is 5.33 Å². The molecular weight excluding hydrogens is 300 g/mol. The molecule has 0 atom stereocenters. The van der Waals surface area contributed by atoms with Crippen molar-refractivity contribution in [2.75, 3.05) is 0 Å². The summed E-state index contributed by atoms with van der Waals surface area (Å²) in [6, 6.07) is 13.7. The number of hydrogen-bond acceptors (Lipinski definition) is 1. The van der Waals surface area contributed by atoms with Crippen molar-refractivity contribution >= 4 is 27.5 Å². The predicted octanol–water partition coefficient (Wildman–Crippen LogP) is 5.34. The Morgan fingerprint density at radius 1 is 1.18 bits per heavy atom. The monoisotopic (exact) mass is 310 g/mol. The first-order valence-electron chi connectivity index (χ1n) is 5.28. The van der Waals surface area contributed by atoms with Gasteiger partial charge >= 0.3 is 0 Å². The molecule has 17 heavy (non-hydrogen) atoms. The molecule has 2 aromatic rings. The summed E-state index contributed by atoms with van der Waals surface area (Å²) in [5, 5.41) is 1.42. The molecule has 0 aliphatic heterocycles. The van der Waals surface area contributed by atoms with Gasteiger partial charge in [0.15, 0.2) is 0 Å². The zero-order valence-electron chi connectivity index (χ0n) is 9.41. The van der Waals surface area contributed by atoms with Crippen LogP contribution >= 0.6 is 27.5 Å². The first kappa shape index (κ1) is 12.5. The van der Waals surface area contributed by atoms with E-state index in [1.807, 2.05) is 49.4 Å². The number of rotatable bonds is 3. The van der Waals surface area contributed by atoms with Gasteiger partial charge in [-0.3, -0.25) is 0 Å². The Hall–Kier alpha value is -0.990. The molecule has 0 saturated carbocycles. The second-order valence-corrected chi connectivity index (χ2v) is 4.78. The number of alkyl halides is 1. The van der Waals surface area contributed by atoms with Crippen LogP contribution < -0.4 is 4.74 Å². The maximum Gasteiger partial charge on any atom is 0.146 e. The molecule has 0 bridgehead atoms. The largest absolute Gasteiger partial charge is 0.456 e. The van der Waals surface area contributed by atoms with Gasteiger partial charge in [-0.1, -0.05) is 45.7 Å². The van der Waals surface area contributed by atoms with Gasteiger partial charge in [-0.15, -0.1) is 0 Å². The first-order chi connectivity index (χ1) is 8.19. The number of benzene rings is 2. The molecule has 0 aromatic heterocycles. The van der Waals surface area contributed by atoms with E-state index in [9.17, 15) is 0 Å². The van der Waals surface area contributed by atoms with Gasteiger partial charge in [0.25, 0.3) is 0 Å². The summed E-state index contributed by atoms with van der Waals surface area (Å²) in [6.07, 6.45) is 0. The molecule has 0 heterocycles. The minimum absolute atomic E-state index is 0.628. The van der Waals surface area contributed by atoms with Crippen LogP contribution in [0.1, 0.15) is 11.1 Å². The molecule has 2 aromatic carbocycles. The highest BCUT2D eigenvalue weighted by Gasteiger charge is 2.04. The third kappa shape index (κ3) is 3.24. The van der Waals surface area contributed by atoms with Crippen molar-refractivity contribution in [3.8, 4) is 11.5 Å². The van der Waals surface area contributed by atoms with Gasteiger partial charge in [-0.05, 0) is 42.3 Å². The fourth-order valence-corrected chi connectivity index (χ4v) is 2.11. The molecule has 88 valence electrons. The molecule has 0 aliphatic carbocycles. The second kappa shape index (κ2) is 5.56. The predicted molar refractivity (Wildman–Crippen MR) is 75.3 cm³/mol. The molecule has 0 saturated heterocycles. The molecule has 0 radical (unpaired) electrons. The fraction of sp³-hybridized carbons (Fsp3) is 0.143. The molecule has 2 rings (SSSR count). The summed E-state index contributed by atoms with van der Waals surface area (Å²) in [4.78, 5) is 0. The molecule has 0 amide bonds. The van der Waals surface area contributed by atoms with Crippen LogP contribution in [0.2, 0.25) is 5.02 Å². The lowest BCUT2D eigenvalue weighted by atomic mass is 10.2. The van der Waals surface area contributed by atoms with E-state index in [4.69, 9.17) is 16.3 Å². The van der Waals surface area contributed by atoms with E-state index in [2.05, 4.69) is 15.9 Å². The zero-order chi connectivity index (χ0) is 12.3. The third-order valence-electron chi connectivity index (χ3n) is 2.37. The molecule has 3 heteroatoms. The van der Waals surface area contributed by atoms with Crippen molar-refractivity contribution < 1.29 is 4.74 Å². The van der Waals surface area contributed by atoms with Crippen LogP contribution in [0.15, 0.2) is 42.5 Å². The van der Waals surface area contributed by atoms with Crippen molar-refractivity contribution in [3.05, 3.63) is 58.6 Å². The summed E-state index contributed by atoms with van der Waals surface area (Å²) in [5.41, 5.74) is 2.29. The topological polar surface area (TPSA) is 9.23 Å². The van der Waals surface area contributed by atoms with Crippen molar-refractivity contribution in [3.63, 3.8) is 0 Å². The van der Waals surface area contributed by atoms with Gasteiger partial charge < -0.3 is 4.74 Å². The smallest absolute Gasteiger partial charge is 0.146 e. The van der Waals surface area contributed by atoms with Crippen LogP contribution in [0.3, 0.4) is 0 Å². The number of halogens is 2.